The number of nitrogens with one attached hydrogen (secondary N) is 1. The van der Waals surface area contributed by atoms with Gasteiger partial charge in [-0.2, -0.15) is 8.78 Å². The van der Waals surface area contributed by atoms with Crippen LogP contribution in [0.2, 0.25) is 0 Å². The van der Waals surface area contributed by atoms with E-state index in [1.807, 2.05) is 0 Å². The van der Waals surface area contributed by atoms with Gasteiger partial charge in [0.25, 0.3) is 5.91 Å². The number of hydrogen-bond acceptors (Lipinski definition) is 4. The summed E-state index contributed by atoms with van der Waals surface area (Å²) in [5.41, 5.74) is 1.70. The monoisotopic (exact) mass is 365 g/mol. The van der Waals surface area contributed by atoms with Gasteiger partial charge < -0.3 is 10.1 Å². The average molecular weight is 365 g/mol. The molecule has 138 valence electrons. The lowest BCUT2D eigenvalue weighted by Gasteiger charge is -2.24. The van der Waals surface area contributed by atoms with E-state index in [4.69, 9.17) is 0 Å². The van der Waals surface area contributed by atoms with Crippen LogP contribution in [-0.2, 0) is 0 Å². The van der Waals surface area contributed by atoms with Crippen molar-refractivity contribution in [2.45, 2.75) is 38.3 Å². The van der Waals surface area contributed by atoms with Crippen molar-refractivity contribution in [3.05, 3.63) is 35.8 Å². The first-order valence-electron chi connectivity index (χ1n) is 8.25. The highest BCUT2D eigenvalue weighted by molar-refractivity contribution is 5.97. The molecule has 0 saturated heterocycles. The number of halogens is 3. The summed E-state index contributed by atoms with van der Waals surface area (Å²) in [4.78, 5) is 20.7. The second-order valence-electron chi connectivity index (χ2n) is 6.12. The second-order valence-corrected chi connectivity index (χ2v) is 6.12. The zero-order valence-corrected chi connectivity index (χ0v) is 14.1. The predicted octanol–water partition coefficient (Wildman–Crippen LogP) is 3.72. The Labute approximate surface area is 148 Å². The maximum absolute atomic E-state index is 13.9. The van der Waals surface area contributed by atoms with E-state index in [0.29, 0.717) is 5.39 Å². The van der Waals surface area contributed by atoms with Crippen molar-refractivity contribution in [3.63, 3.8) is 0 Å². The van der Waals surface area contributed by atoms with Gasteiger partial charge in [-0.25, -0.2) is 4.39 Å². The smallest absolute Gasteiger partial charge is 0.387 e. The van der Waals surface area contributed by atoms with Gasteiger partial charge in [0.05, 0.1) is 11.1 Å². The third kappa shape index (κ3) is 4.12. The van der Waals surface area contributed by atoms with Crippen LogP contribution in [-0.4, -0.2) is 36.3 Å². The predicted molar refractivity (Wildman–Crippen MR) is 91.4 cm³/mol. The molecule has 3 rings (SSSR count). The standard InChI is InChI=1S/C18H18F3N3O2/c1-22-12-2-4-13(5-3-12)24-17(25)11-6-10-7-14(19)16(26-18(20)21)8-15(10)23-9-11/h6-9,13,18H,2-5H2,1H3,(H,24,25). The van der Waals surface area contributed by atoms with Crippen molar-refractivity contribution >= 4 is 22.5 Å². The molecular formula is C18H18F3N3O2. The molecule has 1 aliphatic carbocycles. The van der Waals surface area contributed by atoms with Gasteiger partial charge >= 0.3 is 6.61 Å². The van der Waals surface area contributed by atoms with Gasteiger partial charge in [-0.05, 0) is 37.8 Å². The van der Waals surface area contributed by atoms with Crippen molar-refractivity contribution < 1.29 is 22.7 Å². The molecule has 0 spiro atoms. The molecule has 1 N–H and O–H groups in total. The molecule has 1 saturated carbocycles. The number of carbonyl (C=O) groups excluding carboxylic acids is 1. The SMILES string of the molecule is CN=C1CCC(NC(=O)c2cnc3cc(OC(F)F)c(F)cc3c2)CC1. The molecule has 1 aliphatic rings. The Morgan fingerprint density at radius 1 is 1.31 bits per heavy atom. The largest absolute Gasteiger partial charge is 0.432 e. The van der Waals surface area contributed by atoms with E-state index in [1.165, 1.54) is 12.3 Å². The van der Waals surface area contributed by atoms with E-state index in [-0.39, 0.29) is 23.0 Å². The Kier molecular flexibility index (Phi) is 5.39. The van der Waals surface area contributed by atoms with Gasteiger partial charge in [-0.3, -0.25) is 14.8 Å². The third-order valence-corrected chi connectivity index (χ3v) is 4.43. The van der Waals surface area contributed by atoms with Crippen LogP contribution < -0.4 is 10.1 Å². The lowest BCUT2D eigenvalue weighted by atomic mass is 9.93. The molecule has 0 aliphatic heterocycles. The van der Waals surface area contributed by atoms with E-state index in [0.717, 1.165) is 43.5 Å². The highest BCUT2D eigenvalue weighted by Gasteiger charge is 2.20. The molecular weight excluding hydrogens is 347 g/mol. The molecule has 5 nitrogen and oxygen atoms in total. The Hall–Kier alpha value is -2.64. The molecule has 1 amide bonds. The molecule has 0 radical (unpaired) electrons. The van der Waals surface area contributed by atoms with Crippen LogP contribution in [0.1, 0.15) is 36.0 Å². The number of carbonyl (C=O) groups is 1. The minimum Gasteiger partial charge on any atom is -0.432 e. The lowest BCUT2D eigenvalue weighted by Crippen LogP contribution is -2.37. The summed E-state index contributed by atoms with van der Waals surface area (Å²) in [6.07, 6.45) is 4.69. The fraction of sp³-hybridized carbons (Fsp3) is 0.389. The maximum atomic E-state index is 13.9. The summed E-state index contributed by atoms with van der Waals surface area (Å²) in [5, 5.41) is 3.28. The van der Waals surface area contributed by atoms with Gasteiger partial charge in [-0.15, -0.1) is 0 Å². The number of amides is 1. The number of rotatable bonds is 4. The van der Waals surface area contributed by atoms with Crippen LogP contribution in [0.3, 0.4) is 0 Å². The molecule has 1 aromatic carbocycles. The van der Waals surface area contributed by atoms with Gasteiger partial charge in [0.1, 0.15) is 0 Å². The number of hydrogen-bond donors (Lipinski definition) is 1. The number of aliphatic imine (C=N–C) groups is 1. The molecule has 1 fully saturated rings. The lowest BCUT2D eigenvalue weighted by molar-refractivity contribution is -0.0520. The highest BCUT2D eigenvalue weighted by Crippen LogP contribution is 2.26. The Morgan fingerprint density at radius 2 is 2.04 bits per heavy atom. The fourth-order valence-corrected chi connectivity index (χ4v) is 3.03. The second kappa shape index (κ2) is 7.72. The molecule has 0 unspecified atom stereocenters. The number of ether oxygens (including phenoxy) is 1. The molecule has 1 heterocycles. The van der Waals surface area contributed by atoms with E-state index >= 15 is 0 Å². The Balaban J connectivity index is 1.75. The van der Waals surface area contributed by atoms with Crippen molar-refractivity contribution in [2.75, 3.05) is 7.05 Å². The summed E-state index contributed by atoms with van der Waals surface area (Å²) in [6.45, 7) is -3.12. The van der Waals surface area contributed by atoms with Crippen molar-refractivity contribution in [2.24, 2.45) is 4.99 Å². The third-order valence-electron chi connectivity index (χ3n) is 4.43. The summed E-state index contributed by atoms with van der Waals surface area (Å²) >= 11 is 0. The number of alkyl halides is 2. The maximum Gasteiger partial charge on any atom is 0.387 e. The number of aromatic nitrogens is 1. The van der Waals surface area contributed by atoms with E-state index < -0.39 is 18.2 Å². The van der Waals surface area contributed by atoms with E-state index in [2.05, 4.69) is 20.0 Å². The van der Waals surface area contributed by atoms with Crippen molar-refractivity contribution in [1.82, 2.24) is 10.3 Å². The molecule has 2 aromatic rings. The Bertz CT molecular complexity index is 845. The van der Waals surface area contributed by atoms with E-state index in [1.54, 1.807) is 7.05 Å². The quantitative estimate of drug-likeness (QED) is 0.898. The molecule has 0 bridgehead atoms. The van der Waals surface area contributed by atoms with Crippen LogP contribution in [0.15, 0.2) is 29.4 Å². The summed E-state index contributed by atoms with van der Waals surface area (Å²) < 4.78 is 42.5. The average Bonchev–Trinajstić information content (AvgIpc) is 2.62. The number of nitrogens with zero attached hydrogens (tertiary/aromatic N) is 2. The van der Waals surface area contributed by atoms with Crippen LogP contribution >= 0.6 is 0 Å². The van der Waals surface area contributed by atoms with Gasteiger partial charge in [0, 0.05) is 36.5 Å². The first kappa shape index (κ1) is 18.2. The molecule has 0 atom stereocenters. The minimum absolute atomic E-state index is 0.0576. The summed E-state index contributed by atoms with van der Waals surface area (Å²) in [6, 6.07) is 3.66. The van der Waals surface area contributed by atoms with Gasteiger partial charge in [0.15, 0.2) is 11.6 Å². The summed E-state index contributed by atoms with van der Waals surface area (Å²) in [7, 11) is 1.77. The number of benzene rings is 1. The van der Waals surface area contributed by atoms with Crippen LogP contribution in [0.25, 0.3) is 10.9 Å². The highest BCUT2D eigenvalue weighted by atomic mass is 19.3. The van der Waals surface area contributed by atoms with Crippen LogP contribution in [0.4, 0.5) is 13.2 Å². The fourth-order valence-electron chi connectivity index (χ4n) is 3.03. The zero-order valence-electron chi connectivity index (χ0n) is 14.1. The molecule has 8 heteroatoms. The van der Waals surface area contributed by atoms with Gasteiger partial charge in [0.2, 0.25) is 0 Å². The summed E-state index contributed by atoms with van der Waals surface area (Å²) in [5.74, 6) is -1.81. The van der Waals surface area contributed by atoms with E-state index in [9.17, 15) is 18.0 Å². The normalized spacial score (nSPS) is 17.4. The topological polar surface area (TPSA) is 63.6 Å². The Morgan fingerprint density at radius 3 is 2.69 bits per heavy atom. The van der Waals surface area contributed by atoms with Crippen molar-refractivity contribution in [1.29, 1.82) is 0 Å². The zero-order chi connectivity index (χ0) is 18.7. The van der Waals surface area contributed by atoms with Crippen LogP contribution in [0.5, 0.6) is 5.75 Å². The minimum atomic E-state index is -3.12. The van der Waals surface area contributed by atoms with Crippen molar-refractivity contribution in [3.8, 4) is 5.75 Å². The number of pyridine rings is 1. The van der Waals surface area contributed by atoms with Gasteiger partial charge in [-0.1, -0.05) is 0 Å². The van der Waals surface area contributed by atoms with Crippen LogP contribution in [0, 0.1) is 5.82 Å². The first-order chi connectivity index (χ1) is 12.5. The molecule has 26 heavy (non-hydrogen) atoms. The molecule has 1 aromatic heterocycles. The number of fused-ring (bicyclic) bond motifs is 1. The first-order valence-corrected chi connectivity index (χ1v) is 8.25.